The number of aromatic nitrogens is 1. The molecule has 0 saturated carbocycles. The van der Waals surface area contributed by atoms with Crippen molar-refractivity contribution >= 4 is 27.0 Å². The van der Waals surface area contributed by atoms with Crippen molar-refractivity contribution < 1.29 is 8.42 Å². The summed E-state index contributed by atoms with van der Waals surface area (Å²) in [6.45, 7) is 7.62. The van der Waals surface area contributed by atoms with Gasteiger partial charge < -0.3 is 0 Å². The molecule has 0 unspecified atom stereocenters. The van der Waals surface area contributed by atoms with Gasteiger partial charge in [0.1, 0.15) is 0 Å². The summed E-state index contributed by atoms with van der Waals surface area (Å²) < 4.78 is 27.9. The van der Waals surface area contributed by atoms with Crippen LogP contribution in [0.15, 0.2) is 53.6 Å². The molecule has 0 aliphatic heterocycles. The molecular formula is C20H21NO2S. The van der Waals surface area contributed by atoms with Crippen molar-refractivity contribution in [3.8, 4) is 0 Å². The number of aryl methyl sites for hydroxylation is 3. The Morgan fingerprint density at radius 3 is 2.25 bits per heavy atom. The fourth-order valence-electron chi connectivity index (χ4n) is 3.30. The first kappa shape index (κ1) is 16.5. The van der Waals surface area contributed by atoms with Crippen LogP contribution in [-0.2, 0) is 10.0 Å². The van der Waals surface area contributed by atoms with Gasteiger partial charge in [-0.15, -0.1) is 0 Å². The Balaban J connectivity index is 2.28. The van der Waals surface area contributed by atoms with E-state index < -0.39 is 10.0 Å². The average molecular weight is 339 g/mol. The van der Waals surface area contributed by atoms with Crippen molar-refractivity contribution in [3.63, 3.8) is 0 Å². The Hall–Kier alpha value is -2.33. The van der Waals surface area contributed by atoms with Crippen LogP contribution in [0, 0.1) is 20.8 Å². The van der Waals surface area contributed by atoms with E-state index in [-0.39, 0.29) is 0 Å². The third-order valence-electron chi connectivity index (χ3n) is 4.16. The van der Waals surface area contributed by atoms with Crippen molar-refractivity contribution in [3.05, 3.63) is 70.9 Å². The van der Waals surface area contributed by atoms with Crippen LogP contribution in [-0.4, -0.2) is 12.4 Å². The summed E-state index contributed by atoms with van der Waals surface area (Å²) >= 11 is 0. The van der Waals surface area contributed by atoms with Crippen LogP contribution < -0.4 is 0 Å². The van der Waals surface area contributed by atoms with Crippen molar-refractivity contribution in [1.29, 1.82) is 0 Å². The maximum absolute atomic E-state index is 13.3. The molecule has 0 amide bonds. The van der Waals surface area contributed by atoms with E-state index in [2.05, 4.69) is 0 Å². The maximum Gasteiger partial charge on any atom is 0.268 e. The highest BCUT2D eigenvalue weighted by molar-refractivity contribution is 7.90. The van der Waals surface area contributed by atoms with Crippen LogP contribution in [0.4, 0.5) is 0 Å². The quantitative estimate of drug-likeness (QED) is 0.685. The molecule has 0 aliphatic carbocycles. The number of hydrogen-bond acceptors (Lipinski definition) is 2. The molecule has 0 saturated heterocycles. The van der Waals surface area contributed by atoms with E-state index in [0.717, 1.165) is 27.6 Å². The molecule has 3 nitrogen and oxygen atoms in total. The van der Waals surface area contributed by atoms with Crippen LogP contribution in [0.3, 0.4) is 0 Å². The molecule has 2 aromatic carbocycles. The zero-order chi connectivity index (χ0) is 17.5. The Kier molecular flexibility index (Phi) is 4.10. The molecule has 1 heterocycles. The van der Waals surface area contributed by atoms with E-state index in [9.17, 15) is 8.42 Å². The van der Waals surface area contributed by atoms with E-state index in [0.29, 0.717) is 10.4 Å². The van der Waals surface area contributed by atoms with Gasteiger partial charge in [0.15, 0.2) is 0 Å². The third kappa shape index (κ3) is 2.67. The van der Waals surface area contributed by atoms with Crippen LogP contribution in [0.1, 0.15) is 29.2 Å². The Morgan fingerprint density at radius 1 is 0.958 bits per heavy atom. The van der Waals surface area contributed by atoms with E-state index in [1.807, 2.05) is 76.2 Å². The minimum Gasteiger partial charge on any atom is -0.241 e. The molecule has 3 rings (SSSR count). The topological polar surface area (TPSA) is 39.1 Å². The number of nitrogens with zero attached hydrogens (tertiary/aromatic N) is 1. The van der Waals surface area contributed by atoms with Gasteiger partial charge in [-0.2, -0.15) is 0 Å². The number of rotatable bonds is 3. The fraction of sp³-hybridized carbons (Fsp3) is 0.200. The molecule has 4 heteroatoms. The summed E-state index contributed by atoms with van der Waals surface area (Å²) in [6, 6.07) is 11.5. The second-order valence-electron chi connectivity index (χ2n) is 6.16. The molecule has 24 heavy (non-hydrogen) atoms. The molecule has 0 bridgehead atoms. The van der Waals surface area contributed by atoms with E-state index in [1.54, 1.807) is 6.20 Å². The number of fused-ring (bicyclic) bond motifs is 1. The van der Waals surface area contributed by atoms with Gasteiger partial charge in [0.05, 0.1) is 10.4 Å². The van der Waals surface area contributed by atoms with Gasteiger partial charge in [0.25, 0.3) is 10.0 Å². The average Bonchev–Trinajstić information content (AvgIpc) is 2.90. The first-order chi connectivity index (χ1) is 11.3. The van der Waals surface area contributed by atoms with Crippen molar-refractivity contribution in [1.82, 2.24) is 3.97 Å². The highest BCUT2D eigenvalue weighted by Crippen LogP contribution is 2.28. The lowest BCUT2D eigenvalue weighted by atomic mass is 10.1. The third-order valence-corrected chi connectivity index (χ3v) is 6.16. The minimum absolute atomic E-state index is 0.391. The molecule has 3 aromatic rings. The molecule has 1 aromatic heterocycles. The predicted molar refractivity (Wildman–Crippen MR) is 99.9 cm³/mol. The van der Waals surface area contributed by atoms with E-state index in [4.69, 9.17) is 0 Å². The van der Waals surface area contributed by atoms with Gasteiger partial charge in [0, 0.05) is 11.6 Å². The summed E-state index contributed by atoms with van der Waals surface area (Å²) in [7, 11) is -3.64. The lowest BCUT2D eigenvalue weighted by Crippen LogP contribution is -2.15. The SMILES string of the molecule is C/C=C/c1ccc2ccn(S(=O)(=O)c3c(C)cc(C)cc3C)c2c1. The maximum atomic E-state index is 13.3. The molecule has 0 N–H and O–H groups in total. The van der Waals surface area contributed by atoms with Crippen LogP contribution >= 0.6 is 0 Å². The summed E-state index contributed by atoms with van der Waals surface area (Å²) in [4.78, 5) is 0.391. The lowest BCUT2D eigenvalue weighted by molar-refractivity contribution is 0.588. The number of allylic oxidation sites excluding steroid dienone is 1. The van der Waals surface area contributed by atoms with Crippen molar-refractivity contribution in [2.75, 3.05) is 0 Å². The van der Waals surface area contributed by atoms with Gasteiger partial charge in [-0.05, 0) is 56.5 Å². The summed E-state index contributed by atoms with van der Waals surface area (Å²) in [5.41, 5.74) is 4.30. The second-order valence-corrected chi connectivity index (χ2v) is 7.91. The van der Waals surface area contributed by atoms with E-state index >= 15 is 0 Å². The standard InChI is InChI=1S/C20H21NO2S/c1-5-6-17-7-8-18-9-10-21(19(18)13-17)24(22,23)20-15(3)11-14(2)12-16(20)4/h5-13H,1-4H3/b6-5+. The molecule has 0 fully saturated rings. The van der Waals surface area contributed by atoms with Crippen LogP contribution in [0.2, 0.25) is 0 Å². The second kappa shape index (κ2) is 5.95. The first-order valence-electron chi connectivity index (χ1n) is 7.92. The first-order valence-corrected chi connectivity index (χ1v) is 9.36. The molecular weight excluding hydrogens is 318 g/mol. The van der Waals surface area contributed by atoms with Crippen molar-refractivity contribution in [2.45, 2.75) is 32.6 Å². The van der Waals surface area contributed by atoms with Crippen molar-refractivity contribution in [2.24, 2.45) is 0 Å². The molecule has 124 valence electrons. The van der Waals surface area contributed by atoms with Gasteiger partial charge in [-0.1, -0.05) is 42.0 Å². The monoisotopic (exact) mass is 339 g/mol. The predicted octanol–water partition coefficient (Wildman–Crippen LogP) is 4.84. The Bertz CT molecular complexity index is 1030. The largest absolute Gasteiger partial charge is 0.268 e. The molecule has 0 spiro atoms. The lowest BCUT2D eigenvalue weighted by Gasteiger charge is -2.14. The highest BCUT2D eigenvalue weighted by Gasteiger charge is 2.23. The molecule has 0 radical (unpaired) electrons. The molecule has 0 aliphatic rings. The van der Waals surface area contributed by atoms with Crippen LogP contribution in [0.5, 0.6) is 0 Å². The highest BCUT2D eigenvalue weighted by atomic mass is 32.2. The number of benzene rings is 2. The minimum atomic E-state index is -3.64. The normalized spacial score (nSPS) is 12.3. The zero-order valence-electron chi connectivity index (χ0n) is 14.4. The van der Waals surface area contributed by atoms with E-state index in [1.165, 1.54) is 3.97 Å². The molecule has 0 atom stereocenters. The summed E-state index contributed by atoms with van der Waals surface area (Å²) in [6.07, 6.45) is 5.54. The Morgan fingerprint density at radius 2 is 1.62 bits per heavy atom. The van der Waals surface area contributed by atoms with Gasteiger partial charge in [-0.25, -0.2) is 12.4 Å². The van der Waals surface area contributed by atoms with Gasteiger partial charge in [-0.3, -0.25) is 0 Å². The number of hydrogen-bond donors (Lipinski definition) is 0. The smallest absolute Gasteiger partial charge is 0.241 e. The van der Waals surface area contributed by atoms with Gasteiger partial charge in [0.2, 0.25) is 0 Å². The zero-order valence-corrected chi connectivity index (χ0v) is 15.2. The van der Waals surface area contributed by atoms with Crippen LogP contribution in [0.25, 0.3) is 17.0 Å². The fourth-order valence-corrected chi connectivity index (χ4v) is 5.06. The summed E-state index contributed by atoms with van der Waals surface area (Å²) in [5, 5.41) is 0.911. The summed E-state index contributed by atoms with van der Waals surface area (Å²) in [5.74, 6) is 0. The van der Waals surface area contributed by atoms with Gasteiger partial charge >= 0.3 is 0 Å². The Labute approximate surface area is 143 Å².